The number of aryl methyl sites for hydroxylation is 1. The lowest BCUT2D eigenvalue weighted by Crippen LogP contribution is -2.25. The molecule has 0 unspecified atom stereocenters. The first kappa shape index (κ1) is 25.0. The van der Waals surface area contributed by atoms with E-state index in [1.165, 1.54) is 0 Å². The van der Waals surface area contributed by atoms with Gasteiger partial charge >= 0.3 is 0 Å². The van der Waals surface area contributed by atoms with Crippen molar-refractivity contribution in [2.24, 2.45) is 0 Å². The quantitative estimate of drug-likeness (QED) is 0.329. The van der Waals surface area contributed by atoms with Gasteiger partial charge in [0.05, 0.1) is 18.0 Å². The molecule has 178 valence electrons. The summed E-state index contributed by atoms with van der Waals surface area (Å²) in [5.74, 6) is 0.822. The average Bonchev–Trinajstić information content (AvgIpc) is 2.73. The number of methoxy groups -OCH3 is 1. The summed E-state index contributed by atoms with van der Waals surface area (Å²) in [6.07, 6.45) is 1.61. The van der Waals surface area contributed by atoms with Crippen molar-refractivity contribution in [3.63, 3.8) is 0 Å². The Hall–Kier alpha value is -2.64. The Labute approximate surface area is 198 Å². The van der Waals surface area contributed by atoms with Gasteiger partial charge in [-0.25, -0.2) is 4.98 Å². The van der Waals surface area contributed by atoms with Crippen LogP contribution in [0.2, 0.25) is 25.7 Å². The molecule has 0 saturated heterocycles. The molecule has 33 heavy (non-hydrogen) atoms. The normalized spacial score (nSPS) is 11.8. The molecule has 1 aromatic heterocycles. The molecule has 0 aliphatic rings. The van der Waals surface area contributed by atoms with Gasteiger partial charge in [0.15, 0.2) is 0 Å². The highest BCUT2D eigenvalue weighted by Gasteiger charge is 2.21. The number of anilines is 1. The number of hydrogen-bond acceptors (Lipinski definition) is 5. The first-order chi connectivity index (χ1) is 15.5. The van der Waals surface area contributed by atoms with Crippen LogP contribution < -0.4 is 15.2 Å². The van der Waals surface area contributed by atoms with Crippen molar-refractivity contribution < 1.29 is 9.47 Å². The van der Waals surface area contributed by atoms with E-state index in [0.29, 0.717) is 17.5 Å². The van der Waals surface area contributed by atoms with Crippen LogP contribution >= 0.6 is 0 Å². The molecule has 0 aliphatic heterocycles. The van der Waals surface area contributed by atoms with E-state index in [1.54, 1.807) is 18.0 Å². The molecule has 0 radical (unpaired) electrons. The van der Waals surface area contributed by atoms with E-state index in [0.717, 1.165) is 45.3 Å². The SMILES string of the molecule is COc1ccc(C)c(-c2c(C)c(N(C)C)cc3c(=O)n(COCC[Si](C)(C)C)cnc23)c1C. The van der Waals surface area contributed by atoms with Gasteiger partial charge in [-0.15, -0.1) is 0 Å². The highest BCUT2D eigenvalue weighted by Crippen LogP contribution is 2.41. The summed E-state index contributed by atoms with van der Waals surface area (Å²) in [6.45, 7) is 14.1. The molecule has 0 atom stereocenters. The Kier molecular flexibility index (Phi) is 7.34. The standard InChI is InChI=1S/C26H37N3O3Si/c1-17-10-11-22(31-6)19(3)23(17)24-18(2)21(28(4)5)14-20-25(24)27-15-29(26(20)30)16-32-12-13-33(7,8)9/h10-11,14-15H,12-13,16H2,1-9H3. The molecule has 0 bridgehead atoms. The maximum atomic E-state index is 13.5. The summed E-state index contributed by atoms with van der Waals surface area (Å²) >= 11 is 0. The number of aromatic nitrogens is 2. The zero-order chi connectivity index (χ0) is 24.5. The third-order valence-corrected chi connectivity index (χ3v) is 7.86. The van der Waals surface area contributed by atoms with Crippen molar-refractivity contribution in [1.29, 1.82) is 0 Å². The maximum absolute atomic E-state index is 13.5. The fraction of sp³-hybridized carbons (Fsp3) is 0.462. The van der Waals surface area contributed by atoms with E-state index in [1.807, 2.05) is 31.1 Å². The van der Waals surface area contributed by atoms with Gasteiger partial charge in [0.2, 0.25) is 0 Å². The molecule has 0 aliphatic carbocycles. The minimum absolute atomic E-state index is 0.0874. The minimum atomic E-state index is -1.19. The molecular formula is C26H37N3O3Si. The van der Waals surface area contributed by atoms with Gasteiger partial charge in [-0.1, -0.05) is 25.7 Å². The Morgan fingerprint density at radius 3 is 2.36 bits per heavy atom. The monoisotopic (exact) mass is 467 g/mol. The largest absolute Gasteiger partial charge is 0.496 e. The first-order valence-electron chi connectivity index (χ1n) is 11.4. The van der Waals surface area contributed by atoms with Crippen LogP contribution in [-0.4, -0.2) is 45.4 Å². The van der Waals surface area contributed by atoms with Crippen molar-refractivity contribution in [1.82, 2.24) is 9.55 Å². The Morgan fingerprint density at radius 2 is 1.76 bits per heavy atom. The minimum Gasteiger partial charge on any atom is -0.496 e. The predicted octanol–water partition coefficient (Wildman–Crippen LogP) is 5.38. The van der Waals surface area contributed by atoms with Crippen LogP contribution in [0.3, 0.4) is 0 Å². The van der Waals surface area contributed by atoms with Crippen molar-refractivity contribution >= 4 is 24.7 Å². The lowest BCUT2D eigenvalue weighted by molar-refractivity contribution is 0.0844. The molecule has 0 saturated carbocycles. The van der Waals surface area contributed by atoms with Gasteiger partial charge in [0, 0.05) is 40.0 Å². The van der Waals surface area contributed by atoms with Crippen molar-refractivity contribution in [2.75, 3.05) is 32.7 Å². The van der Waals surface area contributed by atoms with Crippen molar-refractivity contribution in [3.05, 3.63) is 51.6 Å². The fourth-order valence-electron chi connectivity index (χ4n) is 4.22. The van der Waals surface area contributed by atoms with Crippen molar-refractivity contribution in [2.45, 2.75) is 53.2 Å². The summed E-state index contributed by atoms with van der Waals surface area (Å²) in [5, 5.41) is 0.595. The summed E-state index contributed by atoms with van der Waals surface area (Å²) in [7, 11) is 4.49. The van der Waals surface area contributed by atoms with Crippen LogP contribution in [0, 0.1) is 20.8 Å². The van der Waals surface area contributed by atoms with Crippen LogP contribution in [0.1, 0.15) is 16.7 Å². The molecule has 0 N–H and O–H groups in total. The van der Waals surface area contributed by atoms with E-state index in [4.69, 9.17) is 14.5 Å². The molecule has 0 fully saturated rings. The van der Waals surface area contributed by atoms with E-state index < -0.39 is 8.07 Å². The third-order valence-electron chi connectivity index (χ3n) is 6.15. The van der Waals surface area contributed by atoms with Gasteiger partial charge in [0.1, 0.15) is 18.8 Å². The number of hydrogen-bond donors (Lipinski definition) is 0. The summed E-state index contributed by atoms with van der Waals surface area (Å²) < 4.78 is 13.0. The van der Waals surface area contributed by atoms with Crippen LogP contribution in [0.5, 0.6) is 5.75 Å². The molecule has 7 heteroatoms. The number of fused-ring (bicyclic) bond motifs is 1. The maximum Gasteiger partial charge on any atom is 0.263 e. The second kappa shape index (κ2) is 9.69. The summed E-state index contributed by atoms with van der Waals surface area (Å²) in [5.41, 5.74) is 6.91. The number of ether oxygens (including phenoxy) is 2. The van der Waals surface area contributed by atoms with Crippen LogP contribution in [0.15, 0.2) is 29.3 Å². The molecule has 0 amide bonds. The first-order valence-corrected chi connectivity index (χ1v) is 15.1. The Morgan fingerprint density at radius 1 is 1.06 bits per heavy atom. The van der Waals surface area contributed by atoms with Gasteiger partial charge in [0.25, 0.3) is 5.56 Å². The lowest BCUT2D eigenvalue weighted by Gasteiger charge is -2.23. The molecule has 2 aromatic carbocycles. The van der Waals surface area contributed by atoms with E-state index in [9.17, 15) is 4.79 Å². The van der Waals surface area contributed by atoms with Crippen LogP contribution in [0.4, 0.5) is 5.69 Å². The smallest absolute Gasteiger partial charge is 0.263 e. The second-order valence-electron chi connectivity index (χ2n) is 10.1. The van der Waals surface area contributed by atoms with Gasteiger partial charge < -0.3 is 14.4 Å². The molecule has 3 aromatic rings. The van der Waals surface area contributed by atoms with Crippen LogP contribution in [0.25, 0.3) is 22.0 Å². The molecule has 1 heterocycles. The average molecular weight is 468 g/mol. The van der Waals surface area contributed by atoms with Gasteiger partial charge in [-0.3, -0.25) is 9.36 Å². The summed E-state index contributed by atoms with van der Waals surface area (Å²) in [4.78, 5) is 20.3. The number of rotatable bonds is 8. The molecular weight excluding hydrogens is 430 g/mol. The zero-order valence-electron chi connectivity index (χ0n) is 21.5. The zero-order valence-corrected chi connectivity index (χ0v) is 22.5. The summed E-state index contributed by atoms with van der Waals surface area (Å²) in [6, 6.07) is 7.06. The Balaban J connectivity index is 2.21. The van der Waals surface area contributed by atoms with E-state index in [-0.39, 0.29) is 12.3 Å². The highest BCUT2D eigenvalue weighted by molar-refractivity contribution is 6.76. The van der Waals surface area contributed by atoms with Gasteiger partial charge in [-0.2, -0.15) is 0 Å². The number of benzene rings is 2. The van der Waals surface area contributed by atoms with Crippen molar-refractivity contribution in [3.8, 4) is 16.9 Å². The predicted molar refractivity (Wildman–Crippen MR) is 141 cm³/mol. The molecule has 6 nitrogen and oxygen atoms in total. The fourth-order valence-corrected chi connectivity index (χ4v) is 4.98. The van der Waals surface area contributed by atoms with Crippen LogP contribution in [-0.2, 0) is 11.5 Å². The topological polar surface area (TPSA) is 56.6 Å². The van der Waals surface area contributed by atoms with E-state index >= 15 is 0 Å². The number of nitrogens with zero attached hydrogens (tertiary/aromatic N) is 3. The second-order valence-corrected chi connectivity index (χ2v) is 15.8. The molecule has 3 rings (SSSR count). The third kappa shape index (κ3) is 5.14. The van der Waals surface area contributed by atoms with Gasteiger partial charge in [-0.05, 0) is 61.2 Å². The molecule has 0 spiro atoms. The van der Waals surface area contributed by atoms with E-state index in [2.05, 4.69) is 46.5 Å². The highest BCUT2D eigenvalue weighted by atomic mass is 28.3. The lowest BCUT2D eigenvalue weighted by atomic mass is 9.89. The Bertz CT molecular complexity index is 1230.